The summed E-state index contributed by atoms with van der Waals surface area (Å²) in [5.74, 6) is 2.66. The highest BCUT2D eigenvalue weighted by Gasteiger charge is 2.28. The lowest BCUT2D eigenvalue weighted by molar-refractivity contribution is 0.0221. The first kappa shape index (κ1) is 25.4. The van der Waals surface area contributed by atoms with Crippen LogP contribution in [0.3, 0.4) is 0 Å². The van der Waals surface area contributed by atoms with Crippen LogP contribution in [0.5, 0.6) is 17.2 Å². The first-order valence-electron chi connectivity index (χ1n) is 11.3. The number of carbonyl (C=O) groups is 1. The Morgan fingerprint density at radius 1 is 1.08 bits per heavy atom. The summed E-state index contributed by atoms with van der Waals surface area (Å²) in [7, 11) is 4.68. The van der Waals surface area contributed by atoms with Gasteiger partial charge in [0.2, 0.25) is 11.0 Å². The number of ether oxygens (including phenoxy) is 4. The molecule has 0 spiro atoms. The van der Waals surface area contributed by atoms with Crippen LogP contribution < -0.4 is 19.5 Å². The molecule has 0 saturated heterocycles. The van der Waals surface area contributed by atoms with Gasteiger partial charge < -0.3 is 33.7 Å². The van der Waals surface area contributed by atoms with Gasteiger partial charge in [0.15, 0.2) is 11.5 Å². The third-order valence-electron chi connectivity index (χ3n) is 5.47. The van der Waals surface area contributed by atoms with E-state index in [-0.39, 0.29) is 17.9 Å². The molecule has 11 nitrogen and oxygen atoms in total. The average molecular weight is 517 g/mol. The summed E-state index contributed by atoms with van der Waals surface area (Å²) in [4.78, 5) is 27.3. The van der Waals surface area contributed by atoms with E-state index < -0.39 is 5.60 Å². The number of carbonyl (C=O) groups excluding carboxylic acids is 1. The fourth-order valence-electron chi connectivity index (χ4n) is 3.85. The third kappa shape index (κ3) is 5.40. The van der Waals surface area contributed by atoms with Crippen molar-refractivity contribution in [1.82, 2.24) is 24.4 Å². The minimum atomic E-state index is -0.579. The van der Waals surface area contributed by atoms with E-state index in [4.69, 9.17) is 30.5 Å². The first-order chi connectivity index (χ1) is 17.1. The van der Waals surface area contributed by atoms with E-state index in [0.29, 0.717) is 47.5 Å². The summed E-state index contributed by atoms with van der Waals surface area (Å²) in [6.07, 6.45) is 3.62. The van der Waals surface area contributed by atoms with Crippen molar-refractivity contribution < 1.29 is 23.7 Å². The Morgan fingerprint density at radius 3 is 2.39 bits per heavy atom. The highest BCUT2D eigenvalue weighted by atomic mass is 35.5. The van der Waals surface area contributed by atoms with Gasteiger partial charge >= 0.3 is 6.09 Å². The van der Waals surface area contributed by atoms with Crippen molar-refractivity contribution in [3.8, 4) is 22.9 Å². The molecule has 3 aromatic rings. The molecule has 0 atom stereocenters. The highest BCUT2D eigenvalue weighted by molar-refractivity contribution is 6.28. The van der Waals surface area contributed by atoms with Crippen LogP contribution >= 0.6 is 11.6 Å². The fourth-order valence-corrected chi connectivity index (χ4v) is 4.04. The maximum atomic E-state index is 12.5. The minimum absolute atomic E-state index is 0.0753. The molecule has 0 bridgehead atoms. The molecule has 1 amide bonds. The van der Waals surface area contributed by atoms with Crippen LogP contribution in [-0.2, 0) is 17.7 Å². The van der Waals surface area contributed by atoms with Gasteiger partial charge in [0.1, 0.15) is 23.6 Å². The molecule has 36 heavy (non-hydrogen) atoms. The number of benzene rings is 1. The van der Waals surface area contributed by atoms with Crippen molar-refractivity contribution in [2.45, 2.75) is 39.3 Å². The van der Waals surface area contributed by atoms with Gasteiger partial charge in [-0.3, -0.25) is 0 Å². The first-order valence-corrected chi connectivity index (χ1v) is 11.6. The molecular weight excluding hydrogens is 488 g/mol. The Balaban J connectivity index is 1.57. The van der Waals surface area contributed by atoms with Crippen molar-refractivity contribution in [3.63, 3.8) is 0 Å². The zero-order chi connectivity index (χ0) is 26.0. The van der Waals surface area contributed by atoms with Crippen LogP contribution in [0.1, 0.15) is 32.0 Å². The average Bonchev–Trinajstić information content (AvgIpc) is 3.30. The van der Waals surface area contributed by atoms with E-state index in [1.54, 1.807) is 38.8 Å². The zero-order valence-corrected chi connectivity index (χ0v) is 21.8. The van der Waals surface area contributed by atoms with Crippen LogP contribution in [-0.4, -0.2) is 64.0 Å². The quantitative estimate of drug-likeness (QED) is 0.477. The van der Waals surface area contributed by atoms with E-state index in [1.807, 2.05) is 37.5 Å². The van der Waals surface area contributed by atoms with Crippen LogP contribution in [0.2, 0.25) is 5.28 Å². The second-order valence-electron chi connectivity index (χ2n) is 9.09. The molecule has 0 radical (unpaired) electrons. The number of aromatic nitrogens is 4. The van der Waals surface area contributed by atoms with Crippen LogP contribution in [0.25, 0.3) is 5.69 Å². The van der Waals surface area contributed by atoms with Crippen molar-refractivity contribution >= 4 is 29.3 Å². The van der Waals surface area contributed by atoms with Gasteiger partial charge in [-0.2, -0.15) is 0 Å². The maximum Gasteiger partial charge on any atom is 0.410 e. The number of fused-ring (bicyclic) bond motifs is 1. The van der Waals surface area contributed by atoms with Crippen LogP contribution in [0, 0.1) is 0 Å². The molecule has 0 fully saturated rings. The number of methoxy groups -OCH3 is 3. The highest BCUT2D eigenvalue weighted by Crippen LogP contribution is 2.39. The second kappa shape index (κ2) is 10.1. The molecule has 12 heteroatoms. The molecule has 0 unspecified atom stereocenters. The molecular formula is C24H29ClN6O5. The van der Waals surface area contributed by atoms with Gasteiger partial charge in [-0.05, 0) is 38.8 Å². The molecule has 2 aromatic heterocycles. The summed E-state index contributed by atoms with van der Waals surface area (Å²) in [6, 6.07) is 3.64. The van der Waals surface area contributed by atoms with Gasteiger partial charge in [-0.15, -0.1) is 0 Å². The van der Waals surface area contributed by atoms with Crippen LogP contribution in [0.4, 0.5) is 16.4 Å². The van der Waals surface area contributed by atoms with E-state index in [0.717, 1.165) is 11.3 Å². The van der Waals surface area contributed by atoms with E-state index in [9.17, 15) is 4.79 Å². The second-order valence-corrected chi connectivity index (χ2v) is 9.43. The van der Waals surface area contributed by atoms with Crippen molar-refractivity contribution in [2.75, 3.05) is 33.2 Å². The van der Waals surface area contributed by atoms with Crippen LogP contribution in [0.15, 0.2) is 24.7 Å². The molecule has 0 aliphatic carbocycles. The van der Waals surface area contributed by atoms with Gasteiger partial charge in [0, 0.05) is 24.2 Å². The number of anilines is 2. The molecule has 4 rings (SSSR count). The minimum Gasteiger partial charge on any atom is -0.493 e. The van der Waals surface area contributed by atoms with E-state index >= 15 is 0 Å². The number of rotatable bonds is 6. The van der Waals surface area contributed by atoms with Crippen molar-refractivity contribution in [3.05, 3.63) is 41.2 Å². The Bertz CT molecular complexity index is 1250. The molecule has 1 aromatic carbocycles. The van der Waals surface area contributed by atoms with Gasteiger partial charge in [-0.25, -0.2) is 19.7 Å². The third-order valence-corrected chi connectivity index (χ3v) is 5.64. The number of nitrogens with one attached hydrogen (secondary N) is 1. The van der Waals surface area contributed by atoms with Gasteiger partial charge in [-0.1, -0.05) is 0 Å². The molecule has 192 valence electrons. The predicted molar refractivity (Wildman–Crippen MR) is 134 cm³/mol. The zero-order valence-electron chi connectivity index (χ0n) is 21.1. The molecule has 0 saturated carbocycles. The SMILES string of the molecule is COc1cc(-n2cnc(Nc3nc(Cl)nc4c3CCN(C(=O)OC(C)(C)C)C4)c2)cc(OC)c1OC. The standard InChI is InChI=1S/C24H29ClN6O5/c1-24(2,3)36-23(32)30-8-7-15-16(11-30)27-22(25)29-21(15)28-19-12-31(13-26-19)14-9-17(33-4)20(35-6)18(10-14)34-5/h9-10,12-13H,7-8,11H2,1-6H3,(H,27,28,29). The number of nitrogens with zero attached hydrogens (tertiary/aromatic N) is 5. The number of imidazole rings is 1. The Morgan fingerprint density at radius 2 is 1.78 bits per heavy atom. The van der Waals surface area contributed by atoms with Gasteiger partial charge in [0.25, 0.3) is 0 Å². The van der Waals surface area contributed by atoms with E-state index in [1.165, 1.54) is 0 Å². The molecule has 1 aliphatic heterocycles. The summed E-state index contributed by atoms with van der Waals surface area (Å²) in [6.45, 7) is 6.26. The summed E-state index contributed by atoms with van der Waals surface area (Å²) < 4.78 is 23.6. The Labute approximate surface area is 214 Å². The molecule has 3 heterocycles. The topological polar surface area (TPSA) is 113 Å². The number of hydrogen-bond donors (Lipinski definition) is 1. The summed E-state index contributed by atoms with van der Waals surface area (Å²) in [5, 5.41) is 3.31. The Hall–Kier alpha value is -3.73. The van der Waals surface area contributed by atoms with Crippen molar-refractivity contribution in [2.24, 2.45) is 0 Å². The lowest BCUT2D eigenvalue weighted by Gasteiger charge is -2.31. The maximum absolute atomic E-state index is 12.5. The monoisotopic (exact) mass is 516 g/mol. The lowest BCUT2D eigenvalue weighted by atomic mass is 10.1. The van der Waals surface area contributed by atoms with E-state index in [2.05, 4.69) is 20.3 Å². The number of halogens is 1. The summed E-state index contributed by atoms with van der Waals surface area (Å²) in [5.41, 5.74) is 1.73. The largest absolute Gasteiger partial charge is 0.493 e. The predicted octanol–water partition coefficient (Wildman–Crippen LogP) is 4.38. The molecule has 1 aliphatic rings. The normalized spacial score (nSPS) is 13.1. The smallest absolute Gasteiger partial charge is 0.410 e. The lowest BCUT2D eigenvalue weighted by Crippen LogP contribution is -2.40. The summed E-state index contributed by atoms with van der Waals surface area (Å²) >= 11 is 6.22. The Kier molecular flexibility index (Phi) is 7.11. The van der Waals surface area contributed by atoms with Gasteiger partial charge in [0.05, 0.1) is 45.5 Å². The van der Waals surface area contributed by atoms with Crippen molar-refractivity contribution in [1.29, 1.82) is 0 Å². The molecule has 1 N–H and O–H groups in total. The number of amides is 1. The fraction of sp³-hybridized carbons (Fsp3) is 0.417. The number of hydrogen-bond acceptors (Lipinski definition) is 9.